The predicted octanol–water partition coefficient (Wildman–Crippen LogP) is 3.57. The maximum absolute atomic E-state index is 5.69. The fourth-order valence-corrected chi connectivity index (χ4v) is 2.10. The smallest absolute Gasteiger partial charge is 0.253 e. The number of methoxy groups -OCH3 is 1. The zero-order valence-electron chi connectivity index (χ0n) is 10.6. The molecule has 1 aromatic carbocycles. The van der Waals surface area contributed by atoms with Crippen molar-refractivity contribution in [2.24, 2.45) is 0 Å². The largest absolute Gasteiger partial charge is 0.480 e. The molecular formula is C14H10BrN3O2. The van der Waals surface area contributed by atoms with Gasteiger partial charge in [-0.3, -0.25) is 0 Å². The summed E-state index contributed by atoms with van der Waals surface area (Å²) >= 11 is 3.37. The molecule has 0 fully saturated rings. The van der Waals surface area contributed by atoms with Gasteiger partial charge in [-0.1, -0.05) is 18.2 Å². The van der Waals surface area contributed by atoms with Crippen LogP contribution in [0.4, 0.5) is 0 Å². The van der Waals surface area contributed by atoms with Crippen LogP contribution in [0, 0.1) is 0 Å². The monoisotopic (exact) mass is 331 g/mol. The van der Waals surface area contributed by atoms with Crippen molar-refractivity contribution in [2.45, 2.75) is 0 Å². The lowest BCUT2D eigenvalue weighted by molar-refractivity contribution is 0.397. The third-order valence-electron chi connectivity index (χ3n) is 2.69. The summed E-state index contributed by atoms with van der Waals surface area (Å²) in [4.78, 5) is 4.16. The van der Waals surface area contributed by atoms with Gasteiger partial charge in [-0.2, -0.15) is 0 Å². The van der Waals surface area contributed by atoms with Crippen LogP contribution >= 0.6 is 15.9 Å². The first-order chi connectivity index (χ1) is 9.78. The van der Waals surface area contributed by atoms with Crippen molar-refractivity contribution >= 4 is 15.9 Å². The Morgan fingerprint density at radius 2 is 1.85 bits per heavy atom. The molecule has 0 amide bonds. The number of hydrogen-bond acceptors (Lipinski definition) is 5. The summed E-state index contributed by atoms with van der Waals surface area (Å²) in [5, 5.41) is 8.11. The van der Waals surface area contributed by atoms with Crippen molar-refractivity contribution in [1.29, 1.82) is 0 Å². The second kappa shape index (κ2) is 5.42. The lowest BCUT2D eigenvalue weighted by Gasteiger charge is -2.03. The van der Waals surface area contributed by atoms with Crippen LogP contribution in [0.25, 0.3) is 22.9 Å². The normalized spacial score (nSPS) is 10.5. The van der Waals surface area contributed by atoms with Crippen molar-refractivity contribution in [3.63, 3.8) is 0 Å². The summed E-state index contributed by atoms with van der Waals surface area (Å²) in [7, 11) is 1.55. The van der Waals surface area contributed by atoms with Gasteiger partial charge in [0.25, 0.3) is 5.89 Å². The van der Waals surface area contributed by atoms with Gasteiger partial charge in [0.1, 0.15) is 5.56 Å². The lowest BCUT2D eigenvalue weighted by Crippen LogP contribution is -1.91. The molecule has 0 unspecified atom stereocenters. The Bertz CT molecular complexity index is 728. The molecule has 6 heteroatoms. The van der Waals surface area contributed by atoms with Crippen LogP contribution in [0.2, 0.25) is 0 Å². The summed E-state index contributed by atoms with van der Waals surface area (Å²) in [5.74, 6) is 1.27. The highest BCUT2D eigenvalue weighted by Crippen LogP contribution is 2.31. The van der Waals surface area contributed by atoms with Gasteiger partial charge in [0, 0.05) is 16.2 Å². The van der Waals surface area contributed by atoms with E-state index in [-0.39, 0.29) is 0 Å². The molecule has 0 saturated heterocycles. The van der Waals surface area contributed by atoms with E-state index in [1.165, 1.54) is 0 Å². The van der Waals surface area contributed by atoms with E-state index in [0.717, 1.165) is 10.0 Å². The average molecular weight is 332 g/mol. The molecule has 0 aliphatic heterocycles. The summed E-state index contributed by atoms with van der Waals surface area (Å²) in [5.41, 5.74) is 1.52. The van der Waals surface area contributed by atoms with Gasteiger partial charge in [0.2, 0.25) is 11.8 Å². The molecule has 0 radical (unpaired) electrons. The summed E-state index contributed by atoms with van der Waals surface area (Å²) < 4.78 is 11.7. The first kappa shape index (κ1) is 12.8. The number of nitrogens with zero attached hydrogens (tertiary/aromatic N) is 3. The number of rotatable bonds is 3. The minimum absolute atomic E-state index is 0.370. The van der Waals surface area contributed by atoms with Crippen LogP contribution in [0.15, 0.2) is 51.5 Å². The standard InChI is InChI=1S/C14H10BrN3O2/c1-19-13-11(7-10(15)8-16-13)14-18-17-12(20-14)9-5-3-2-4-6-9/h2-8H,1H3. The summed E-state index contributed by atoms with van der Waals surface area (Å²) in [6, 6.07) is 11.4. The van der Waals surface area contributed by atoms with Gasteiger partial charge >= 0.3 is 0 Å². The number of halogens is 1. The average Bonchev–Trinajstić information content (AvgIpc) is 2.98. The predicted molar refractivity (Wildman–Crippen MR) is 77.2 cm³/mol. The molecule has 0 N–H and O–H groups in total. The number of benzene rings is 1. The van der Waals surface area contributed by atoms with Gasteiger partial charge in [-0.05, 0) is 34.1 Å². The van der Waals surface area contributed by atoms with Gasteiger partial charge in [0.05, 0.1) is 7.11 Å². The molecule has 3 aromatic rings. The zero-order valence-corrected chi connectivity index (χ0v) is 12.2. The number of pyridine rings is 1. The van der Waals surface area contributed by atoms with E-state index in [1.54, 1.807) is 13.3 Å². The first-order valence-electron chi connectivity index (χ1n) is 5.87. The molecule has 0 atom stereocenters. The van der Waals surface area contributed by atoms with Crippen LogP contribution in [-0.2, 0) is 0 Å². The molecule has 0 saturated carbocycles. The van der Waals surface area contributed by atoms with Crippen LogP contribution in [0.3, 0.4) is 0 Å². The number of hydrogen-bond donors (Lipinski definition) is 0. The fraction of sp³-hybridized carbons (Fsp3) is 0.0714. The van der Waals surface area contributed by atoms with Gasteiger partial charge < -0.3 is 9.15 Å². The third kappa shape index (κ3) is 2.42. The molecular weight excluding hydrogens is 322 g/mol. The molecule has 2 heterocycles. The molecule has 100 valence electrons. The van der Waals surface area contributed by atoms with E-state index in [0.29, 0.717) is 23.2 Å². The Balaban J connectivity index is 2.04. The molecule has 5 nitrogen and oxygen atoms in total. The second-order valence-corrected chi connectivity index (χ2v) is 4.90. The molecule has 0 bridgehead atoms. The summed E-state index contributed by atoms with van der Waals surface area (Å²) in [6.07, 6.45) is 1.65. The minimum Gasteiger partial charge on any atom is -0.480 e. The molecule has 0 aliphatic carbocycles. The van der Waals surface area contributed by atoms with Crippen molar-refractivity contribution in [3.05, 3.63) is 47.1 Å². The quantitative estimate of drug-likeness (QED) is 0.734. The highest BCUT2D eigenvalue weighted by atomic mass is 79.9. The number of ether oxygens (including phenoxy) is 1. The SMILES string of the molecule is COc1ncc(Br)cc1-c1nnc(-c2ccccc2)o1. The number of aromatic nitrogens is 3. The Labute approximate surface area is 123 Å². The van der Waals surface area contributed by atoms with E-state index in [4.69, 9.17) is 9.15 Å². The molecule has 0 spiro atoms. The van der Waals surface area contributed by atoms with Crippen molar-refractivity contribution in [1.82, 2.24) is 15.2 Å². The topological polar surface area (TPSA) is 61.0 Å². The Hall–Kier alpha value is -2.21. The van der Waals surface area contributed by atoms with Crippen LogP contribution in [-0.4, -0.2) is 22.3 Å². The highest BCUT2D eigenvalue weighted by Gasteiger charge is 2.15. The first-order valence-corrected chi connectivity index (χ1v) is 6.66. The Morgan fingerprint density at radius 1 is 1.10 bits per heavy atom. The van der Waals surface area contributed by atoms with Crippen LogP contribution in [0.5, 0.6) is 5.88 Å². The molecule has 0 aliphatic rings. The van der Waals surface area contributed by atoms with Crippen molar-refractivity contribution < 1.29 is 9.15 Å². The second-order valence-electron chi connectivity index (χ2n) is 3.99. The Kier molecular flexibility index (Phi) is 3.47. The zero-order chi connectivity index (χ0) is 13.9. The third-order valence-corrected chi connectivity index (χ3v) is 3.12. The van der Waals surface area contributed by atoms with Crippen molar-refractivity contribution in [2.75, 3.05) is 7.11 Å². The van der Waals surface area contributed by atoms with Crippen molar-refractivity contribution in [3.8, 4) is 28.8 Å². The van der Waals surface area contributed by atoms with E-state index in [9.17, 15) is 0 Å². The van der Waals surface area contributed by atoms with E-state index < -0.39 is 0 Å². The van der Waals surface area contributed by atoms with Crippen LogP contribution in [0.1, 0.15) is 0 Å². The Morgan fingerprint density at radius 3 is 2.60 bits per heavy atom. The maximum Gasteiger partial charge on any atom is 0.253 e. The highest BCUT2D eigenvalue weighted by molar-refractivity contribution is 9.10. The molecule has 3 rings (SSSR count). The summed E-state index contributed by atoms with van der Waals surface area (Å²) in [6.45, 7) is 0. The van der Waals surface area contributed by atoms with E-state index >= 15 is 0 Å². The van der Waals surface area contributed by atoms with Gasteiger partial charge in [0.15, 0.2) is 0 Å². The van der Waals surface area contributed by atoms with Gasteiger partial charge in [-0.25, -0.2) is 4.98 Å². The van der Waals surface area contributed by atoms with E-state index in [1.807, 2.05) is 36.4 Å². The van der Waals surface area contributed by atoms with Crippen LogP contribution < -0.4 is 4.74 Å². The fourth-order valence-electron chi connectivity index (χ4n) is 1.77. The lowest BCUT2D eigenvalue weighted by atomic mass is 10.2. The minimum atomic E-state index is 0.370. The van der Waals surface area contributed by atoms with Gasteiger partial charge in [-0.15, -0.1) is 10.2 Å². The molecule has 2 aromatic heterocycles. The van der Waals surface area contributed by atoms with E-state index in [2.05, 4.69) is 31.1 Å². The maximum atomic E-state index is 5.69. The molecule has 20 heavy (non-hydrogen) atoms.